The predicted octanol–water partition coefficient (Wildman–Crippen LogP) is 3.47. The lowest BCUT2D eigenvalue weighted by Gasteiger charge is -2.40. The summed E-state index contributed by atoms with van der Waals surface area (Å²) in [6.07, 6.45) is 4.96. The summed E-state index contributed by atoms with van der Waals surface area (Å²) in [6, 6.07) is 6.19. The van der Waals surface area contributed by atoms with Gasteiger partial charge in [-0.15, -0.1) is 0 Å². The van der Waals surface area contributed by atoms with Crippen molar-refractivity contribution in [3.8, 4) is 0 Å². The number of halogens is 1. The largest absolute Gasteiger partial charge is 0.350 e. The highest BCUT2D eigenvalue weighted by Crippen LogP contribution is 2.49. The number of carbonyl (C=O) groups excluding carboxylic acids is 2. The fourth-order valence-corrected chi connectivity index (χ4v) is 4.42. The Morgan fingerprint density at radius 3 is 2.59 bits per heavy atom. The minimum absolute atomic E-state index is 0.00734. The van der Waals surface area contributed by atoms with Crippen molar-refractivity contribution in [1.82, 2.24) is 10.2 Å². The zero-order valence-electron chi connectivity index (χ0n) is 16.2. The second-order valence-corrected chi connectivity index (χ2v) is 9.02. The molecule has 4 atom stereocenters. The van der Waals surface area contributed by atoms with Crippen LogP contribution in [-0.2, 0) is 9.59 Å². The molecule has 1 aromatic carbocycles. The number of nitrogens with one attached hydrogen (secondary N) is 1. The Morgan fingerprint density at radius 2 is 1.96 bits per heavy atom. The molecule has 2 amide bonds. The molecule has 3 fully saturated rings. The van der Waals surface area contributed by atoms with Gasteiger partial charge >= 0.3 is 0 Å². The second kappa shape index (κ2) is 7.25. The van der Waals surface area contributed by atoms with Crippen LogP contribution in [0.4, 0.5) is 4.39 Å². The van der Waals surface area contributed by atoms with E-state index in [1.165, 1.54) is 25.0 Å². The zero-order valence-corrected chi connectivity index (χ0v) is 16.2. The molecule has 0 spiro atoms. The molecule has 146 valence electrons. The summed E-state index contributed by atoms with van der Waals surface area (Å²) < 4.78 is 13.2. The Labute approximate surface area is 160 Å². The van der Waals surface area contributed by atoms with Crippen LogP contribution >= 0.6 is 0 Å². The molecule has 1 aliphatic heterocycles. The van der Waals surface area contributed by atoms with E-state index in [1.54, 1.807) is 12.1 Å². The molecular weight excluding hydrogens is 343 g/mol. The maximum atomic E-state index is 13.3. The van der Waals surface area contributed by atoms with E-state index in [1.807, 2.05) is 4.90 Å². The number of carbonyl (C=O) groups is 2. The molecule has 1 aromatic rings. The van der Waals surface area contributed by atoms with Gasteiger partial charge in [0.2, 0.25) is 11.8 Å². The van der Waals surface area contributed by atoms with E-state index in [9.17, 15) is 14.0 Å². The third-order valence-electron chi connectivity index (χ3n) is 6.14. The third-order valence-corrected chi connectivity index (χ3v) is 6.14. The van der Waals surface area contributed by atoms with Crippen molar-refractivity contribution >= 4 is 11.8 Å². The van der Waals surface area contributed by atoms with E-state index in [2.05, 4.69) is 19.2 Å². The monoisotopic (exact) mass is 372 g/mol. The standard InChI is InChI=1S/C22H29FN2O2/c1-13(2)9-20-21(26)24-17(10-14-3-4-14)12-25(20)22(27)19-11-18(19)15-5-7-16(23)8-6-15/h5-8,13-14,17-20H,3-4,9-12H2,1-2H3,(H,24,26)/t17-,18-,19+,20-/m0/s1. The van der Waals surface area contributed by atoms with Crippen molar-refractivity contribution in [2.75, 3.05) is 6.54 Å². The van der Waals surface area contributed by atoms with Crippen LogP contribution in [0.1, 0.15) is 57.4 Å². The fourth-order valence-electron chi connectivity index (χ4n) is 4.42. The summed E-state index contributed by atoms with van der Waals surface area (Å²) in [5, 5.41) is 3.16. The summed E-state index contributed by atoms with van der Waals surface area (Å²) in [7, 11) is 0. The number of amides is 2. The highest BCUT2D eigenvalue weighted by atomic mass is 19.1. The van der Waals surface area contributed by atoms with E-state index in [0.717, 1.165) is 18.4 Å². The summed E-state index contributed by atoms with van der Waals surface area (Å²) in [5.41, 5.74) is 1.02. The van der Waals surface area contributed by atoms with Crippen LogP contribution in [0.25, 0.3) is 0 Å². The van der Waals surface area contributed by atoms with Crippen LogP contribution in [0.3, 0.4) is 0 Å². The minimum Gasteiger partial charge on any atom is -0.350 e. The van der Waals surface area contributed by atoms with E-state index in [4.69, 9.17) is 0 Å². The maximum absolute atomic E-state index is 13.3. The minimum atomic E-state index is -0.359. The molecule has 0 aromatic heterocycles. The molecule has 2 saturated carbocycles. The molecule has 27 heavy (non-hydrogen) atoms. The Balaban J connectivity index is 1.47. The average molecular weight is 372 g/mol. The maximum Gasteiger partial charge on any atom is 0.243 e. The van der Waals surface area contributed by atoms with E-state index in [0.29, 0.717) is 24.8 Å². The first-order valence-electron chi connectivity index (χ1n) is 10.3. The van der Waals surface area contributed by atoms with Crippen molar-refractivity contribution in [2.45, 2.75) is 64.0 Å². The van der Waals surface area contributed by atoms with Gasteiger partial charge in [0.15, 0.2) is 0 Å². The van der Waals surface area contributed by atoms with Gasteiger partial charge in [-0.25, -0.2) is 4.39 Å². The van der Waals surface area contributed by atoms with Crippen molar-refractivity contribution in [3.05, 3.63) is 35.6 Å². The van der Waals surface area contributed by atoms with Gasteiger partial charge < -0.3 is 10.2 Å². The van der Waals surface area contributed by atoms with Crippen LogP contribution in [0, 0.1) is 23.6 Å². The van der Waals surface area contributed by atoms with Crippen LogP contribution < -0.4 is 5.32 Å². The quantitative estimate of drug-likeness (QED) is 0.831. The van der Waals surface area contributed by atoms with Gasteiger partial charge in [0.05, 0.1) is 0 Å². The van der Waals surface area contributed by atoms with E-state index >= 15 is 0 Å². The van der Waals surface area contributed by atoms with Crippen molar-refractivity contribution in [3.63, 3.8) is 0 Å². The Morgan fingerprint density at radius 1 is 1.26 bits per heavy atom. The molecule has 1 saturated heterocycles. The van der Waals surface area contributed by atoms with Gasteiger partial charge in [0.1, 0.15) is 11.9 Å². The lowest BCUT2D eigenvalue weighted by Crippen LogP contribution is -2.62. The Kier molecular flexibility index (Phi) is 4.95. The Hall–Kier alpha value is -1.91. The SMILES string of the molecule is CC(C)C[C@H]1C(=O)N[C@@H](CC2CC2)CN1C(=O)[C@@H]1C[C@H]1c1ccc(F)cc1. The predicted molar refractivity (Wildman–Crippen MR) is 101 cm³/mol. The van der Waals surface area contributed by atoms with Crippen LogP contribution in [0.5, 0.6) is 0 Å². The summed E-state index contributed by atoms with van der Waals surface area (Å²) in [4.78, 5) is 27.9. The molecule has 1 N–H and O–H groups in total. The van der Waals surface area contributed by atoms with Gasteiger partial charge in [-0.05, 0) is 54.7 Å². The molecular formula is C22H29FN2O2. The molecule has 4 nitrogen and oxygen atoms in total. The third kappa shape index (κ3) is 4.17. The molecule has 1 heterocycles. The fraction of sp³-hybridized carbons (Fsp3) is 0.636. The average Bonchev–Trinajstić information content (AvgIpc) is 3.51. The second-order valence-electron chi connectivity index (χ2n) is 9.02. The Bertz CT molecular complexity index is 714. The summed E-state index contributed by atoms with van der Waals surface area (Å²) in [6.45, 7) is 4.81. The molecule has 0 unspecified atom stereocenters. The smallest absolute Gasteiger partial charge is 0.243 e. The highest BCUT2D eigenvalue weighted by Gasteiger charge is 2.49. The van der Waals surface area contributed by atoms with E-state index < -0.39 is 0 Å². The topological polar surface area (TPSA) is 49.4 Å². The zero-order chi connectivity index (χ0) is 19.1. The van der Waals surface area contributed by atoms with Crippen LogP contribution in [0.15, 0.2) is 24.3 Å². The molecule has 0 bridgehead atoms. The first kappa shape index (κ1) is 18.5. The van der Waals surface area contributed by atoms with Crippen LogP contribution in [0.2, 0.25) is 0 Å². The van der Waals surface area contributed by atoms with Crippen molar-refractivity contribution in [2.24, 2.45) is 17.8 Å². The van der Waals surface area contributed by atoms with Gasteiger partial charge in [-0.2, -0.15) is 0 Å². The summed E-state index contributed by atoms with van der Waals surface area (Å²) >= 11 is 0. The molecule has 4 rings (SSSR count). The molecule has 2 aliphatic carbocycles. The number of benzene rings is 1. The summed E-state index contributed by atoms with van der Waals surface area (Å²) in [5.74, 6) is 1.00. The van der Waals surface area contributed by atoms with Gasteiger partial charge in [0, 0.05) is 18.5 Å². The lowest BCUT2D eigenvalue weighted by atomic mass is 9.95. The number of hydrogen-bond acceptors (Lipinski definition) is 2. The molecule has 0 radical (unpaired) electrons. The first-order chi connectivity index (χ1) is 12.9. The number of hydrogen-bond donors (Lipinski definition) is 1. The number of piperazine rings is 1. The number of nitrogens with zero attached hydrogens (tertiary/aromatic N) is 1. The molecule has 5 heteroatoms. The highest BCUT2D eigenvalue weighted by molar-refractivity contribution is 5.91. The lowest BCUT2D eigenvalue weighted by molar-refractivity contribution is -0.146. The number of rotatable bonds is 6. The van der Waals surface area contributed by atoms with Gasteiger partial charge in [0.25, 0.3) is 0 Å². The first-order valence-corrected chi connectivity index (χ1v) is 10.3. The van der Waals surface area contributed by atoms with Gasteiger partial charge in [-0.3, -0.25) is 9.59 Å². The van der Waals surface area contributed by atoms with Crippen molar-refractivity contribution in [1.29, 1.82) is 0 Å². The normalized spacial score (nSPS) is 30.4. The molecule has 3 aliphatic rings. The van der Waals surface area contributed by atoms with E-state index in [-0.39, 0.29) is 41.6 Å². The van der Waals surface area contributed by atoms with Crippen molar-refractivity contribution < 1.29 is 14.0 Å². The van der Waals surface area contributed by atoms with Gasteiger partial charge in [-0.1, -0.05) is 38.8 Å². The van der Waals surface area contributed by atoms with Crippen LogP contribution in [-0.4, -0.2) is 35.3 Å².